The summed E-state index contributed by atoms with van der Waals surface area (Å²) in [5.74, 6) is -0.625. The van der Waals surface area contributed by atoms with E-state index in [1.165, 1.54) is 16.7 Å². The summed E-state index contributed by atoms with van der Waals surface area (Å²) >= 11 is 0. The van der Waals surface area contributed by atoms with Crippen molar-refractivity contribution in [2.75, 3.05) is 13.7 Å². The number of benzene rings is 3. The zero-order chi connectivity index (χ0) is 32.8. The Labute approximate surface area is 278 Å². The summed E-state index contributed by atoms with van der Waals surface area (Å²) in [6, 6.07) is 27.0. The van der Waals surface area contributed by atoms with Crippen LogP contribution in [0, 0.1) is 5.41 Å². The summed E-state index contributed by atoms with van der Waals surface area (Å²) in [5.41, 5.74) is 4.28. The molecule has 0 saturated carbocycles. The summed E-state index contributed by atoms with van der Waals surface area (Å²) in [5, 5.41) is 9.36. The lowest BCUT2D eigenvalue weighted by molar-refractivity contribution is -0.150. The fourth-order valence-corrected chi connectivity index (χ4v) is 7.85. The van der Waals surface area contributed by atoms with Crippen molar-refractivity contribution in [3.63, 3.8) is 0 Å². The predicted octanol–water partition coefficient (Wildman–Crippen LogP) is 4.87. The molecule has 3 aromatic carbocycles. The van der Waals surface area contributed by atoms with Crippen molar-refractivity contribution in [3.8, 4) is 0 Å². The molecule has 3 N–H and O–H groups in total. The van der Waals surface area contributed by atoms with Crippen LogP contribution in [-0.2, 0) is 38.4 Å². The van der Waals surface area contributed by atoms with Crippen LogP contribution in [-0.4, -0.2) is 60.6 Å². The number of aryl methyl sites for hydroxylation is 3. The fourth-order valence-electron chi connectivity index (χ4n) is 7.85. The molecule has 8 nitrogen and oxygen atoms in total. The smallest absolute Gasteiger partial charge is 0.247 e. The first-order valence-electron chi connectivity index (χ1n) is 17.3. The van der Waals surface area contributed by atoms with Gasteiger partial charge in [0.25, 0.3) is 0 Å². The molecule has 3 aromatic rings. The van der Waals surface area contributed by atoms with Crippen LogP contribution in [0.5, 0.6) is 0 Å². The molecule has 2 heterocycles. The number of hydrogen-bond acceptors (Lipinski definition) is 5. The maximum Gasteiger partial charge on any atom is 0.247 e. The first-order chi connectivity index (χ1) is 22.9. The molecule has 2 aliphatic heterocycles. The Morgan fingerprint density at radius 1 is 0.872 bits per heavy atom. The summed E-state index contributed by atoms with van der Waals surface area (Å²) in [6.07, 6.45) is 6.22. The van der Waals surface area contributed by atoms with Crippen LogP contribution < -0.4 is 16.0 Å². The van der Waals surface area contributed by atoms with Crippen molar-refractivity contribution >= 4 is 17.7 Å². The van der Waals surface area contributed by atoms with E-state index in [4.69, 9.17) is 4.74 Å². The lowest BCUT2D eigenvalue weighted by atomic mass is 9.70. The summed E-state index contributed by atoms with van der Waals surface area (Å²) in [7, 11) is 1.72. The van der Waals surface area contributed by atoms with Gasteiger partial charge < -0.3 is 25.6 Å². The van der Waals surface area contributed by atoms with E-state index in [0.29, 0.717) is 19.4 Å². The third-order valence-electron chi connectivity index (χ3n) is 10.6. The quantitative estimate of drug-likeness (QED) is 0.279. The molecule has 0 bridgehead atoms. The fraction of sp³-hybridized carbons (Fsp3) is 0.462. The van der Waals surface area contributed by atoms with Crippen molar-refractivity contribution in [3.05, 3.63) is 107 Å². The molecule has 2 saturated heterocycles. The second-order valence-corrected chi connectivity index (χ2v) is 13.5. The van der Waals surface area contributed by atoms with E-state index < -0.39 is 29.8 Å². The number of nitrogens with zero attached hydrogens (tertiary/aromatic N) is 1. The van der Waals surface area contributed by atoms with Gasteiger partial charge in [0.1, 0.15) is 18.3 Å². The van der Waals surface area contributed by atoms with E-state index in [2.05, 4.69) is 58.4 Å². The van der Waals surface area contributed by atoms with Gasteiger partial charge in [0.05, 0.1) is 18.7 Å². The minimum Gasteiger partial charge on any atom is -0.358 e. The molecular weight excluding hydrogens is 588 g/mol. The Hall–Kier alpha value is -4.01. The average Bonchev–Trinajstić information content (AvgIpc) is 3.36. The predicted molar refractivity (Wildman–Crippen MR) is 182 cm³/mol. The van der Waals surface area contributed by atoms with Crippen molar-refractivity contribution in [1.29, 1.82) is 0 Å². The normalized spacial score (nSPS) is 24.0. The number of ether oxygens (including phenoxy) is 1. The van der Waals surface area contributed by atoms with Crippen LogP contribution in [0.1, 0.15) is 73.7 Å². The number of fused-ring (bicyclic) bond motifs is 2. The van der Waals surface area contributed by atoms with Gasteiger partial charge >= 0.3 is 0 Å². The highest BCUT2D eigenvalue weighted by molar-refractivity contribution is 5.94. The number of nitrogens with one attached hydrogen (secondary N) is 3. The van der Waals surface area contributed by atoms with E-state index in [-0.39, 0.29) is 23.8 Å². The lowest BCUT2D eigenvalue weighted by Gasteiger charge is -2.39. The molecule has 2 fully saturated rings. The third-order valence-corrected chi connectivity index (χ3v) is 10.6. The van der Waals surface area contributed by atoms with Crippen LogP contribution in [0.2, 0.25) is 0 Å². The molecule has 3 aliphatic rings. The minimum atomic E-state index is -0.770. The van der Waals surface area contributed by atoms with Gasteiger partial charge in [-0.3, -0.25) is 14.4 Å². The van der Waals surface area contributed by atoms with Crippen molar-refractivity contribution in [2.24, 2.45) is 5.41 Å². The van der Waals surface area contributed by atoms with E-state index in [9.17, 15) is 14.4 Å². The minimum absolute atomic E-state index is 0.123. The highest BCUT2D eigenvalue weighted by Crippen LogP contribution is 2.49. The Bertz CT molecular complexity index is 1490. The summed E-state index contributed by atoms with van der Waals surface area (Å²) in [6.45, 7) is 2.09. The van der Waals surface area contributed by atoms with E-state index in [1.54, 1.807) is 18.9 Å². The van der Waals surface area contributed by atoms with Gasteiger partial charge in [0, 0.05) is 18.3 Å². The molecule has 5 atom stereocenters. The van der Waals surface area contributed by atoms with Gasteiger partial charge in [-0.25, -0.2) is 0 Å². The summed E-state index contributed by atoms with van der Waals surface area (Å²) < 4.78 is 6.44. The number of carbonyl (C=O) groups is 3. The van der Waals surface area contributed by atoms with Crippen molar-refractivity contribution in [2.45, 2.75) is 95.1 Å². The maximum atomic E-state index is 14.9. The number of amides is 3. The average molecular weight is 637 g/mol. The molecule has 248 valence electrons. The lowest BCUT2D eigenvalue weighted by Crippen LogP contribution is -2.59. The molecule has 0 spiro atoms. The van der Waals surface area contributed by atoms with Crippen LogP contribution in [0.15, 0.2) is 84.9 Å². The number of hydrogen-bond donors (Lipinski definition) is 3. The zero-order valence-electron chi connectivity index (χ0n) is 27.6. The van der Waals surface area contributed by atoms with Gasteiger partial charge in [-0.1, -0.05) is 84.9 Å². The van der Waals surface area contributed by atoms with E-state index in [1.807, 2.05) is 42.5 Å². The molecule has 3 amide bonds. The number of likely N-dealkylation sites (N-methyl/N-ethyl adjacent to an activating group) is 1. The van der Waals surface area contributed by atoms with Crippen LogP contribution in [0.25, 0.3) is 0 Å². The first kappa shape index (κ1) is 32.9. The second kappa shape index (κ2) is 14.8. The highest BCUT2D eigenvalue weighted by atomic mass is 16.5. The SMILES string of the molecule is CN[C@@H](C)C(=O)N[C@H]1CCOC2CC(CCc3ccccc3)(CCc3ccccc3)C(C(=O)N[C@@H]3CCCc4ccccc43)N2C1=O. The van der Waals surface area contributed by atoms with Crippen LogP contribution in [0.4, 0.5) is 0 Å². The van der Waals surface area contributed by atoms with E-state index >= 15 is 0 Å². The van der Waals surface area contributed by atoms with Crippen LogP contribution in [0.3, 0.4) is 0 Å². The van der Waals surface area contributed by atoms with Gasteiger partial charge in [0.2, 0.25) is 17.7 Å². The molecule has 6 rings (SSSR count). The Morgan fingerprint density at radius 3 is 2.17 bits per heavy atom. The molecule has 2 unspecified atom stereocenters. The largest absolute Gasteiger partial charge is 0.358 e. The van der Waals surface area contributed by atoms with Gasteiger partial charge in [0.15, 0.2) is 0 Å². The number of carbonyl (C=O) groups excluding carboxylic acids is 3. The van der Waals surface area contributed by atoms with Crippen molar-refractivity contribution < 1.29 is 19.1 Å². The topological polar surface area (TPSA) is 99.8 Å². The first-order valence-corrected chi connectivity index (χ1v) is 17.3. The van der Waals surface area contributed by atoms with Crippen molar-refractivity contribution in [1.82, 2.24) is 20.9 Å². The van der Waals surface area contributed by atoms with Gasteiger partial charge in [-0.2, -0.15) is 0 Å². The molecule has 47 heavy (non-hydrogen) atoms. The molecular formula is C39H48N4O4. The summed E-state index contributed by atoms with van der Waals surface area (Å²) in [4.78, 5) is 44.1. The molecule has 0 radical (unpaired) electrons. The zero-order valence-corrected chi connectivity index (χ0v) is 27.6. The Morgan fingerprint density at radius 2 is 1.51 bits per heavy atom. The standard InChI is InChI=1S/C39H48N4O4/c1-27(40-2)36(44)42-33-22-25-47-34-26-39(23-20-28-12-5-3-6-13-28,24-21-29-14-7-4-8-15-29)35(43(34)38(33)46)37(45)41-32-19-11-17-30-16-9-10-18-31(30)32/h3-10,12-16,18,27,32-35,40H,11,17,19-26H2,1-2H3,(H,41,45)(H,42,44)/t27-,32+,33-,34?,35?/m0/s1. The van der Waals surface area contributed by atoms with E-state index in [0.717, 1.165) is 50.5 Å². The van der Waals surface area contributed by atoms with Gasteiger partial charge in [-0.05, 0) is 81.2 Å². The second-order valence-electron chi connectivity index (χ2n) is 13.5. The molecule has 0 aromatic heterocycles. The monoisotopic (exact) mass is 636 g/mol. The van der Waals surface area contributed by atoms with Gasteiger partial charge in [-0.15, -0.1) is 0 Å². The van der Waals surface area contributed by atoms with Crippen LogP contribution >= 0.6 is 0 Å². The highest BCUT2D eigenvalue weighted by Gasteiger charge is 2.58. The molecule has 1 aliphatic carbocycles. The third kappa shape index (κ3) is 7.29. The Kier molecular flexibility index (Phi) is 10.4. The Balaban J connectivity index is 1.38. The molecule has 8 heteroatoms. The maximum absolute atomic E-state index is 14.9. The number of rotatable bonds is 11.